The Morgan fingerprint density at radius 2 is 2.08 bits per heavy atom. The normalized spacial score (nSPS) is 10.8. The number of hydrogen-bond donors (Lipinski definition) is 2. The third-order valence-electron chi connectivity index (χ3n) is 1.41. The lowest BCUT2D eigenvalue weighted by molar-refractivity contribution is 1.05. The van der Waals surface area contributed by atoms with Crippen LogP contribution in [0.2, 0.25) is 0 Å². The summed E-state index contributed by atoms with van der Waals surface area (Å²) in [5.41, 5.74) is 0.104. The number of fused-ring (bicyclic) bond motifs is 1. The fourth-order valence-corrected chi connectivity index (χ4v) is 1.64. The molecular formula is C6H5N3O2S. The summed E-state index contributed by atoms with van der Waals surface area (Å²) in [5, 5.41) is 0. The zero-order valence-corrected chi connectivity index (χ0v) is 6.99. The summed E-state index contributed by atoms with van der Waals surface area (Å²) in [6.45, 7) is 1.66. The smallest absolute Gasteiger partial charge is 0.306 e. The number of hydrogen-bond acceptors (Lipinski definition) is 4. The van der Waals surface area contributed by atoms with Crippen LogP contribution in [0.3, 0.4) is 0 Å². The first-order valence-corrected chi connectivity index (χ1v) is 4.08. The van der Waals surface area contributed by atoms with E-state index in [9.17, 15) is 9.59 Å². The molecule has 2 aromatic heterocycles. The van der Waals surface area contributed by atoms with Gasteiger partial charge in [-0.3, -0.25) is 14.6 Å². The molecule has 2 N–H and O–H groups in total. The molecule has 0 aromatic carbocycles. The minimum atomic E-state index is -0.263. The number of aromatic amines is 2. The molecular weight excluding hydrogens is 178 g/mol. The van der Waals surface area contributed by atoms with E-state index in [0.29, 0.717) is 16.2 Å². The van der Waals surface area contributed by atoms with Crippen LogP contribution in [0.5, 0.6) is 0 Å². The molecule has 2 rings (SSSR count). The molecule has 2 heterocycles. The number of aromatic nitrogens is 3. The fourth-order valence-electron chi connectivity index (χ4n) is 0.969. The molecule has 12 heavy (non-hydrogen) atoms. The van der Waals surface area contributed by atoms with E-state index in [0.717, 1.165) is 11.3 Å². The van der Waals surface area contributed by atoms with Crippen molar-refractivity contribution in [3.8, 4) is 0 Å². The number of aryl methyl sites for hydroxylation is 1. The lowest BCUT2D eigenvalue weighted by atomic mass is 10.5. The first kappa shape index (κ1) is 7.23. The summed E-state index contributed by atoms with van der Waals surface area (Å²) >= 11 is 0.870. The quantitative estimate of drug-likeness (QED) is 0.602. The average molecular weight is 183 g/mol. The van der Waals surface area contributed by atoms with Gasteiger partial charge in [0.2, 0.25) is 0 Å². The van der Waals surface area contributed by atoms with Gasteiger partial charge in [-0.2, -0.15) is 0 Å². The second kappa shape index (κ2) is 2.28. The molecule has 5 nitrogen and oxygen atoms in total. The topological polar surface area (TPSA) is 78.6 Å². The molecule has 0 saturated heterocycles. The second-order valence-corrected chi connectivity index (χ2v) is 3.33. The van der Waals surface area contributed by atoms with Gasteiger partial charge in [0.05, 0.1) is 0 Å². The molecule has 0 unspecified atom stereocenters. The Hall–Kier alpha value is -1.43. The number of thiazole rings is 1. The molecule has 62 valence electrons. The second-order valence-electron chi connectivity index (χ2n) is 2.34. The van der Waals surface area contributed by atoms with E-state index in [1.54, 1.807) is 6.92 Å². The lowest BCUT2D eigenvalue weighted by Crippen LogP contribution is -2.07. The van der Waals surface area contributed by atoms with Gasteiger partial charge in [-0.05, 0) is 6.92 Å². The molecule has 0 aliphatic heterocycles. The van der Waals surface area contributed by atoms with Gasteiger partial charge in [0.25, 0.3) is 5.56 Å². The van der Waals surface area contributed by atoms with E-state index in [1.165, 1.54) is 0 Å². The van der Waals surface area contributed by atoms with Gasteiger partial charge in [0, 0.05) is 0 Å². The molecule has 0 amide bonds. The van der Waals surface area contributed by atoms with Crippen molar-refractivity contribution >= 4 is 21.7 Å². The minimum absolute atomic E-state index is 0.256. The van der Waals surface area contributed by atoms with Crippen molar-refractivity contribution < 1.29 is 0 Å². The first-order chi connectivity index (χ1) is 5.66. The van der Waals surface area contributed by atoms with Crippen LogP contribution in [-0.4, -0.2) is 15.0 Å². The predicted molar refractivity (Wildman–Crippen MR) is 45.6 cm³/mol. The van der Waals surface area contributed by atoms with Gasteiger partial charge in [-0.15, -0.1) is 0 Å². The number of H-pyrrole nitrogens is 2. The van der Waals surface area contributed by atoms with E-state index in [2.05, 4.69) is 15.0 Å². The van der Waals surface area contributed by atoms with E-state index in [1.807, 2.05) is 0 Å². The van der Waals surface area contributed by atoms with Crippen LogP contribution < -0.4 is 10.4 Å². The molecule has 6 heteroatoms. The highest BCUT2D eigenvalue weighted by molar-refractivity contribution is 7.16. The summed E-state index contributed by atoms with van der Waals surface area (Å²) in [6.07, 6.45) is 0. The third-order valence-corrected chi connectivity index (χ3v) is 2.28. The van der Waals surface area contributed by atoms with Crippen molar-refractivity contribution in [1.29, 1.82) is 0 Å². The third kappa shape index (κ3) is 0.964. The van der Waals surface area contributed by atoms with Crippen molar-refractivity contribution in [2.75, 3.05) is 0 Å². The van der Waals surface area contributed by atoms with Crippen molar-refractivity contribution in [1.82, 2.24) is 15.0 Å². The van der Waals surface area contributed by atoms with Crippen molar-refractivity contribution in [3.05, 3.63) is 25.8 Å². The van der Waals surface area contributed by atoms with Crippen LogP contribution in [0.4, 0.5) is 0 Å². The summed E-state index contributed by atoms with van der Waals surface area (Å²) in [7, 11) is 0. The summed E-state index contributed by atoms with van der Waals surface area (Å²) in [6, 6.07) is 0. The van der Waals surface area contributed by atoms with E-state index in [-0.39, 0.29) is 10.4 Å². The van der Waals surface area contributed by atoms with E-state index >= 15 is 0 Å². The number of rotatable bonds is 0. The van der Waals surface area contributed by atoms with Gasteiger partial charge in [-0.1, -0.05) is 11.3 Å². The highest BCUT2D eigenvalue weighted by atomic mass is 32.1. The van der Waals surface area contributed by atoms with E-state index in [4.69, 9.17) is 0 Å². The van der Waals surface area contributed by atoms with Crippen molar-refractivity contribution in [3.63, 3.8) is 0 Å². The van der Waals surface area contributed by atoms with Crippen LogP contribution in [-0.2, 0) is 0 Å². The Kier molecular flexibility index (Phi) is 1.37. The zero-order valence-electron chi connectivity index (χ0n) is 6.17. The number of nitrogens with zero attached hydrogens (tertiary/aromatic N) is 1. The average Bonchev–Trinajstić information content (AvgIpc) is 2.29. The molecule has 0 atom stereocenters. The maximum absolute atomic E-state index is 11.2. The van der Waals surface area contributed by atoms with Crippen LogP contribution in [0.15, 0.2) is 9.59 Å². The standard InChI is InChI=1S/C6H5N3O2S/c1-2-7-4-3(5(10)8-2)12-6(11)9-4/h1H3,(H2,7,8,9,10,11). The van der Waals surface area contributed by atoms with Gasteiger partial charge >= 0.3 is 4.87 Å². The predicted octanol–water partition coefficient (Wildman–Crippen LogP) is -0.0187. The Morgan fingerprint density at radius 1 is 1.33 bits per heavy atom. The molecule has 0 aliphatic carbocycles. The molecule has 2 aromatic rings. The Bertz CT molecular complexity index is 535. The van der Waals surface area contributed by atoms with Crippen molar-refractivity contribution in [2.24, 2.45) is 0 Å². The molecule has 0 spiro atoms. The highest BCUT2D eigenvalue weighted by Crippen LogP contribution is 2.04. The van der Waals surface area contributed by atoms with Gasteiger partial charge < -0.3 is 4.98 Å². The lowest BCUT2D eigenvalue weighted by Gasteiger charge is -1.89. The monoisotopic (exact) mass is 183 g/mol. The molecule has 0 saturated carbocycles. The summed E-state index contributed by atoms with van der Waals surface area (Å²) in [4.78, 5) is 30.7. The minimum Gasteiger partial charge on any atom is -0.309 e. The van der Waals surface area contributed by atoms with Crippen LogP contribution in [0.1, 0.15) is 5.82 Å². The maximum Gasteiger partial charge on any atom is 0.306 e. The summed E-state index contributed by atoms with van der Waals surface area (Å²) < 4.78 is 0.352. The molecule has 0 radical (unpaired) electrons. The van der Waals surface area contributed by atoms with Gasteiger partial charge in [0.1, 0.15) is 10.5 Å². The SMILES string of the molecule is Cc1nc2[nH]c(=O)sc2c(=O)[nH]1. The van der Waals surface area contributed by atoms with Gasteiger partial charge in [0.15, 0.2) is 5.65 Å². The summed E-state index contributed by atoms with van der Waals surface area (Å²) in [5.74, 6) is 0.501. The van der Waals surface area contributed by atoms with Gasteiger partial charge in [-0.25, -0.2) is 4.98 Å². The number of nitrogens with one attached hydrogen (secondary N) is 2. The highest BCUT2D eigenvalue weighted by Gasteiger charge is 2.04. The van der Waals surface area contributed by atoms with E-state index < -0.39 is 0 Å². The maximum atomic E-state index is 11.2. The van der Waals surface area contributed by atoms with Crippen LogP contribution in [0.25, 0.3) is 10.3 Å². The fraction of sp³-hybridized carbons (Fsp3) is 0.167. The van der Waals surface area contributed by atoms with Crippen molar-refractivity contribution in [2.45, 2.75) is 6.92 Å². The Labute approximate surface area is 70.1 Å². The first-order valence-electron chi connectivity index (χ1n) is 3.26. The molecule has 0 fully saturated rings. The largest absolute Gasteiger partial charge is 0.309 e. The zero-order chi connectivity index (χ0) is 8.72. The molecule has 0 bridgehead atoms. The Balaban J connectivity index is 3.08. The molecule has 0 aliphatic rings. The van der Waals surface area contributed by atoms with Crippen LogP contribution in [0, 0.1) is 6.92 Å². The Morgan fingerprint density at radius 3 is 2.83 bits per heavy atom. The van der Waals surface area contributed by atoms with Crippen LogP contribution >= 0.6 is 11.3 Å².